The normalized spacial score (nSPS) is 31.1. The number of ether oxygens (including phenoxy) is 1. The average Bonchev–Trinajstić information content (AvgIpc) is 2.65. The lowest BCUT2D eigenvalue weighted by Crippen LogP contribution is -2.66. The number of likely N-dealkylation sites (tertiary alicyclic amines) is 1. The number of para-hydroxylation sites is 1. The molecule has 27 heavy (non-hydrogen) atoms. The third kappa shape index (κ3) is 3.72. The van der Waals surface area contributed by atoms with E-state index in [0.717, 1.165) is 44.8 Å². The predicted molar refractivity (Wildman–Crippen MR) is 107 cm³/mol. The number of methoxy groups -OCH3 is 1. The molecule has 148 valence electrons. The van der Waals surface area contributed by atoms with Crippen LogP contribution in [0.1, 0.15) is 31.2 Å². The zero-order valence-corrected chi connectivity index (χ0v) is 16.9. The number of likely N-dealkylation sites (N-methyl/N-ethyl adjacent to an activating group) is 1. The molecule has 1 amide bonds. The number of fused-ring (bicyclic) bond motifs is 4. The van der Waals surface area contributed by atoms with Gasteiger partial charge in [-0.2, -0.15) is 0 Å². The molecular weight excluding hydrogens is 338 g/mol. The molecule has 0 aromatic heterocycles. The van der Waals surface area contributed by atoms with Gasteiger partial charge < -0.3 is 14.5 Å². The van der Waals surface area contributed by atoms with E-state index in [1.807, 2.05) is 6.07 Å². The average molecular weight is 372 g/mol. The third-order valence-electron chi connectivity index (χ3n) is 6.71. The first-order chi connectivity index (χ1) is 13.1. The second-order valence-corrected chi connectivity index (χ2v) is 8.85. The van der Waals surface area contributed by atoms with Gasteiger partial charge in [-0.1, -0.05) is 18.2 Å². The van der Waals surface area contributed by atoms with Gasteiger partial charge in [0.25, 0.3) is 0 Å². The van der Waals surface area contributed by atoms with Crippen molar-refractivity contribution in [2.45, 2.75) is 44.3 Å². The van der Waals surface area contributed by atoms with E-state index >= 15 is 0 Å². The van der Waals surface area contributed by atoms with Crippen LogP contribution in [0.25, 0.3) is 0 Å². The van der Waals surface area contributed by atoms with Gasteiger partial charge in [-0.3, -0.25) is 9.69 Å². The highest BCUT2D eigenvalue weighted by molar-refractivity contribution is 5.78. The van der Waals surface area contributed by atoms with Crippen molar-refractivity contribution in [2.75, 3.05) is 40.8 Å². The van der Waals surface area contributed by atoms with Crippen LogP contribution in [0.2, 0.25) is 0 Å². The lowest BCUT2D eigenvalue weighted by atomic mass is 9.72. The Morgan fingerprint density at radius 3 is 2.74 bits per heavy atom. The number of piperidine rings is 3. The fraction of sp³-hybridized carbons (Fsp3) is 0.682. The summed E-state index contributed by atoms with van der Waals surface area (Å²) in [5.41, 5.74) is 1.26. The van der Waals surface area contributed by atoms with Gasteiger partial charge in [0, 0.05) is 50.2 Å². The SMILES string of the molecule is COc1ccccc1CN1C[C@H]2C[C@@H](C1)[C@H](CN(C)C)N1C(=O)CCC[C@@H]21. The van der Waals surface area contributed by atoms with E-state index in [1.165, 1.54) is 18.4 Å². The molecule has 3 aliphatic heterocycles. The van der Waals surface area contributed by atoms with Crippen molar-refractivity contribution in [3.63, 3.8) is 0 Å². The highest BCUT2D eigenvalue weighted by atomic mass is 16.5. The fourth-order valence-electron chi connectivity index (χ4n) is 5.68. The summed E-state index contributed by atoms with van der Waals surface area (Å²) in [4.78, 5) is 20.0. The molecule has 2 bridgehead atoms. The summed E-state index contributed by atoms with van der Waals surface area (Å²) in [6, 6.07) is 9.15. The van der Waals surface area contributed by atoms with E-state index in [2.05, 4.69) is 47.0 Å². The summed E-state index contributed by atoms with van der Waals surface area (Å²) in [6.45, 7) is 4.08. The van der Waals surface area contributed by atoms with E-state index in [-0.39, 0.29) is 0 Å². The van der Waals surface area contributed by atoms with Crippen LogP contribution in [0.3, 0.4) is 0 Å². The smallest absolute Gasteiger partial charge is 0.223 e. The zero-order chi connectivity index (χ0) is 19.0. The van der Waals surface area contributed by atoms with Crippen molar-refractivity contribution in [3.05, 3.63) is 29.8 Å². The molecule has 3 fully saturated rings. The first-order valence-corrected chi connectivity index (χ1v) is 10.4. The quantitative estimate of drug-likeness (QED) is 0.797. The second-order valence-electron chi connectivity index (χ2n) is 8.85. The molecule has 5 nitrogen and oxygen atoms in total. The van der Waals surface area contributed by atoms with Gasteiger partial charge in [-0.25, -0.2) is 0 Å². The molecule has 0 unspecified atom stereocenters. The van der Waals surface area contributed by atoms with E-state index < -0.39 is 0 Å². The van der Waals surface area contributed by atoms with Crippen molar-refractivity contribution >= 4 is 5.91 Å². The number of hydrogen-bond donors (Lipinski definition) is 0. The van der Waals surface area contributed by atoms with Gasteiger partial charge in [-0.05, 0) is 51.3 Å². The van der Waals surface area contributed by atoms with Crippen LogP contribution in [0, 0.1) is 11.8 Å². The van der Waals surface area contributed by atoms with Gasteiger partial charge in [0.1, 0.15) is 5.75 Å². The monoisotopic (exact) mass is 371 g/mol. The Morgan fingerprint density at radius 2 is 1.96 bits per heavy atom. The number of carbonyl (C=O) groups is 1. The number of amides is 1. The fourth-order valence-corrected chi connectivity index (χ4v) is 5.68. The number of benzene rings is 1. The van der Waals surface area contributed by atoms with Gasteiger partial charge in [0.15, 0.2) is 0 Å². The van der Waals surface area contributed by atoms with Crippen molar-refractivity contribution < 1.29 is 9.53 Å². The van der Waals surface area contributed by atoms with Crippen molar-refractivity contribution in [2.24, 2.45) is 11.8 Å². The molecule has 4 atom stereocenters. The van der Waals surface area contributed by atoms with Gasteiger partial charge in [0.2, 0.25) is 5.91 Å². The molecule has 1 aromatic rings. The lowest BCUT2D eigenvalue weighted by Gasteiger charge is -2.57. The van der Waals surface area contributed by atoms with Gasteiger partial charge >= 0.3 is 0 Å². The summed E-state index contributed by atoms with van der Waals surface area (Å²) in [5, 5.41) is 0. The maximum Gasteiger partial charge on any atom is 0.223 e. The highest BCUT2D eigenvalue weighted by Crippen LogP contribution is 2.42. The Bertz CT molecular complexity index is 677. The largest absolute Gasteiger partial charge is 0.496 e. The number of hydrogen-bond acceptors (Lipinski definition) is 4. The number of carbonyl (C=O) groups excluding carboxylic acids is 1. The van der Waals surface area contributed by atoms with E-state index in [4.69, 9.17) is 4.74 Å². The van der Waals surface area contributed by atoms with Crippen LogP contribution in [-0.2, 0) is 11.3 Å². The van der Waals surface area contributed by atoms with Crippen LogP contribution >= 0.6 is 0 Å². The Morgan fingerprint density at radius 1 is 1.19 bits per heavy atom. The van der Waals surface area contributed by atoms with E-state index in [0.29, 0.717) is 29.8 Å². The zero-order valence-electron chi connectivity index (χ0n) is 16.9. The summed E-state index contributed by atoms with van der Waals surface area (Å²) in [5.74, 6) is 2.55. The van der Waals surface area contributed by atoms with Crippen LogP contribution in [-0.4, -0.2) is 73.5 Å². The van der Waals surface area contributed by atoms with Crippen molar-refractivity contribution in [1.82, 2.24) is 14.7 Å². The predicted octanol–water partition coefficient (Wildman–Crippen LogP) is 2.46. The molecule has 0 N–H and O–H groups in total. The van der Waals surface area contributed by atoms with E-state index in [1.54, 1.807) is 7.11 Å². The van der Waals surface area contributed by atoms with Gasteiger partial charge in [0.05, 0.1) is 7.11 Å². The summed E-state index contributed by atoms with van der Waals surface area (Å²) >= 11 is 0. The number of nitrogens with zero attached hydrogens (tertiary/aromatic N) is 3. The minimum atomic E-state index is 0.356. The maximum absolute atomic E-state index is 12.8. The lowest BCUT2D eigenvalue weighted by molar-refractivity contribution is -0.153. The third-order valence-corrected chi connectivity index (χ3v) is 6.71. The Labute approximate surface area is 163 Å². The second kappa shape index (κ2) is 7.80. The molecule has 1 aromatic carbocycles. The van der Waals surface area contributed by atoms with Crippen LogP contribution in [0.15, 0.2) is 24.3 Å². The maximum atomic E-state index is 12.8. The molecule has 0 aliphatic carbocycles. The van der Waals surface area contributed by atoms with Gasteiger partial charge in [-0.15, -0.1) is 0 Å². The molecule has 5 heteroatoms. The minimum absolute atomic E-state index is 0.356. The first kappa shape index (κ1) is 18.8. The minimum Gasteiger partial charge on any atom is -0.496 e. The van der Waals surface area contributed by atoms with Crippen molar-refractivity contribution in [1.29, 1.82) is 0 Å². The van der Waals surface area contributed by atoms with Crippen LogP contribution in [0.5, 0.6) is 5.75 Å². The Balaban J connectivity index is 1.56. The molecule has 3 heterocycles. The van der Waals surface area contributed by atoms with Crippen molar-refractivity contribution in [3.8, 4) is 5.75 Å². The topological polar surface area (TPSA) is 36.0 Å². The highest BCUT2D eigenvalue weighted by Gasteiger charge is 2.49. The van der Waals surface area contributed by atoms with Crippen LogP contribution < -0.4 is 4.74 Å². The Hall–Kier alpha value is -1.59. The molecule has 0 spiro atoms. The Kier molecular flexibility index (Phi) is 5.42. The first-order valence-electron chi connectivity index (χ1n) is 10.4. The standard InChI is InChI=1S/C22H33N3O2/c1-23(2)15-20-18-11-17(19-8-6-10-22(26)25(19)20)13-24(14-18)12-16-7-4-5-9-21(16)27-3/h4-5,7,9,17-20H,6,8,10-15H2,1-3H3/t17-,18+,19+,20+/m1/s1. The van der Waals surface area contributed by atoms with Crippen LogP contribution in [0.4, 0.5) is 0 Å². The molecule has 0 saturated carbocycles. The molecule has 3 saturated heterocycles. The molecule has 4 rings (SSSR count). The molecule has 3 aliphatic rings. The molecule has 0 radical (unpaired) electrons. The van der Waals surface area contributed by atoms with E-state index in [9.17, 15) is 4.79 Å². The molecular formula is C22H33N3O2. The summed E-state index contributed by atoms with van der Waals surface area (Å²) in [6.07, 6.45) is 4.25. The summed E-state index contributed by atoms with van der Waals surface area (Å²) < 4.78 is 5.57. The number of rotatable bonds is 5. The summed E-state index contributed by atoms with van der Waals surface area (Å²) in [7, 11) is 6.01.